The normalized spacial score (nSPS) is 45.8. The molecule has 11 heavy (non-hydrogen) atoms. The van der Waals surface area contributed by atoms with Crippen molar-refractivity contribution < 1.29 is 0 Å². The Morgan fingerprint density at radius 2 is 1.82 bits per heavy atom. The molecule has 3 unspecified atom stereocenters. The quantitative estimate of drug-likeness (QED) is 0.614. The van der Waals surface area contributed by atoms with E-state index in [9.17, 15) is 0 Å². The molecule has 0 aromatic heterocycles. The lowest BCUT2D eigenvalue weighted by Gasteiger charge is -2.32. The van der Waals surface area contributed by atoms with Gasteiger partial charge in [-0.2, -0.15) is 0 Å². The Morgan fingerprint density at radius 3 is 2.45 bits per heavy atom. The zero-order valence-corrected chi connectivity index (χ0v) is 7.42. The van der Waals surface area contributed by atoms with E-state index >= 15 is 0 Å². The van der Waals surface area contributed by atoms with Crippen LogP contribution in [0.2, 0.25) is 0 Å². The van der Waals surface area contributed by atoms with Crippen LogP contribution in [-0.2, 0) is 0 Å². The summed E-state index contributed by atoms with van der Waals surface area (Å²) in [5.74, 6) is 2.85. The Hall–Kier alpha value is -0.0400. The molecule has 0 aromatic rings. The fourth-order valence-electron chi connectivity index (χ4n) is 2.51. The Bertz CT molecular complexity index is 140. The molecule has 0 amide bonds. The SMILES string of the molecule is CC1CCC(N)C(C2CC2)C1. The highest BCUT2D eigenvalue weighted by atomic mass is 14.7. The van der Waals surface area contributed by atoms with Gasteiger partial charge < -0.3 is 5.73 Å². The molecule has 0 radical (unpaired) electrons. The molecule has 0 saturated heterocycles. The summed E-state index contributed by atoms with van der Waals surface area (Å²) in [6.45, 7) is 2.38. The maximum Gasteiger partial charge on any atom is 0.00700 e. The molecule has 0 aromatic carbocycles. The molecule has 0 bridgehead atoms. The van der Waals surface area contributed by atoms with Crippen molar-refractivity contribution in [1.82, 2.24) is 0 Å². The van der Waals surface area contributed by atoms with Crippen LogP contribution < -0.4 is 5.73 Å². The van der Waals surface area contributed by atoms with Crippen molar-refractivity contribution in [2.24, 2.45) is 23.5 Å². The van der Waals surface area contributed by atoms with E-state index in [0.29, 0.717) is 6.04 Å². The van der Waals surface area contributed by atoms with E-state index in [1.54, 1.807) is 0 Å². The molecule has 0 heterocycles. The average molecular weight is 153 g/mol. The van der Waals surface area contributed by atoms with Crippen LogP contribution in [-0.4, -0.2) is 6.04 Å². The van der Waals surface area contributed by atoms with Crippen molar-refractivity contribution in [2.75, 3.05) is 0 Å². The zero-order valence-electron chi connectivity index (χ0n) is 7.42. The average Bonchev–Trinajstić information content (AvgIpc) is 2.76. The summed E-state index contributed by atoms with van der Waals surface area (Å²) in [4.78, 5) is 0. The van der Waals surface area contributed by atoms with E-state index in [4.69, 9.17) is 5.73 Å². The minimum atomic E-state index is 0.540. The predicted molar refractivity (Wildman–Crippen MR) is 47.2 cm³/mol. The molecule has 2 saturated carbocycles. The molecule has 1 nitrogen and oxygen atoms in total. The lowest BCUT2D eigenvalue weighted by Crippen LogP contribution is -2.36. The monoisotopic (exact) mass is 153 g/mol. The molecule has 2 rings (SSSR count). The first-order valence-corrected chi connectivity index (χ1v) is 5.03. The summed E-state index contributed by atoms with van der Waals surface area (Å²) in [7, 11) is 0. The molecular weight excluding hydrogens is 134 g/mol. The number of hydrogen-bond acceptors (Lipinski definition) is 1. The van der Waals surface area contributed by atoms with Gasteiger partial charge in [-0.25, -0.2) is 0 Å². The highest BCUT2D eigenvalue weighted by molar-refractivity contribution is 4.91. The highest BCUT2D eigenvalue weighted by Gasteiger charge is 2.37. The summed E-state index contributed by atoms with van der Waals surface area (Å²) >= 11 is 0. The van der Waals surface area contributed by atoms with Crippen LogP contribution >= 0.6 is 0 Å². The van der Waals surface area contributed by atoms with Crippen LogP contribution in [0, 0.1) is 17.8 Å². The minimum absolute atomic E-state index is 0.540. The van der Waals surface area contributed by atoms with Crippen LogP contribution in [0.3, 0.4) is 0 Å². The van der Waals surface area contributed by atoms with E-state index in [2.05, 4.69) is 6.92 Å². The second-order valence-electron chi connectivity index (χ2n) is 4.58. The smallest absolute Gasteiger partial charge is 0.00700 e. The van der Waals surface area contributed by atoms with E-state index in [1.165, 1.54) is 32.1 Å². The minimum Gasteiger partial charge on any atom is -0.327 e. The Kier molecular flexibility index (Phi) is 1.92. The van der Waals surface area contributed by atoms with Crippen LogP contribution in [0.15, 0.2) is 0 Å². The van der Waals surface area contributed by atoms with Gasteiger partial charge in [-0.05, 0) is 49.9 Å². The van der Waals surface area contributed by atoms with E-state index in [0.717, 1.165) is 17.8 Å². The molecular formula is C10H19N. The van der Waals surface area contributed by atoms with Crippen molar-refractivity contribution in [3.8, 4) is 0 Å². The zero-order chi connectivity index (χ0) is 7.84. The van der Waals surface area contributed by atoms with Gasteiger partial charge in [0.25, 0.3) is 0 Å². The summed E-state index contributed by atoms with van der Waals surface area (Å²) in [6.07, 6.45) is 6.98. The molecule has 0 aliphatic heterocycles. The van der Waals surface area contributed by atoms with Crippen LogP contribution in [0.25, 0.3) is 0 Å². The molecule has 64 valence electrons. The van der Waals surface area contributed by atoms with Gasteiger partial charge in [0.15, 0.2) is 0 Å². The van der Waals surface area contributed by atoms with Crippen LogP contribution in [0.4, 0.5) is 0 Å². The summed E-state index contributed by atoms with van der Waals surface area (Å²) in [5, 5.41) is 0. The second kappa shape index (κ2) is 2.78. The first kappa shape index (κ1) is 7.60. The van der Waals surface area contributed by atoms with Gasteiger partial charge in [0.2, 0.25) is 0 Å². The summed E-state index contributed by atoms with van der Waals surface area (Å²) < 4.78 is 0. The third-order valence-electron chi connectivity index (χ3n) is 3.44. The molecule has 1 heteroatoms. The standard InChI is InChI=1S/C10H19N/c1-7-2-5-10(11)9(6-7)8-3-4-8/h7-10H,2-6,11H2,1H3. The third-order valence-corrected chi connectivity index (χ3v) is 3.44. The Balaban J connectivity index is 1.93. The number of nitrogens with two attached hydrogens (primary N) is 1. The summed E-state index contributed by atoms with van der Waals surface area (Å²) in [6, 6.07) is 0.540. The fraction of sp³-hybridized carbons (Fsp3) is 1.00. The predicted octanol–water partition coefficient (Wildman–Crippen LogP) is 2.16. The molecule has 2 aliphatic carbocycles. The molecule has 0 spiro atoms. The van der Waals surface area contributed by atoms with Gasteiger partial charge >= 0.3 is 0 Å². The van der Waals surface area contributed by atoms with Crippen LogP contribution in [0.5, 0.6) is 0 Å². The fourth-order valence-corrected chi connectivity index (χ4v) is 2.51. The van der Waals surface area contributed by atoms with Crippen molar-refractivity contribution in [3.05, 3.63) is 0 Å². The van der Waals surface area contributed by atoms with Gasteiger partial charge in [-0.1, -0.05) is 6.92 Å². The maximum absolute atomic E-state index is 6.08. The lowest BCUT2D eigenvalue weighted by molar-refractivity contribution is 0.222. The van der Waals surface area contributed by atoms with Crippen LogP contribution in [0.1, 0.15) is 39.0 Å². The molecule has 3 atom stereocenters. The lowest BCUT2D eigenvalue weighted by atomic mass is 9.77. The van der Waals surface area contributed by atoms with Crippen molar-refractivity contribution in [2.45, 2.75) is 45.1 Å². The van der Waals surface area contributed by atoms with Gasteiger partial charge in [0.05, 0.1) is 0 Å². The number of hydrogen-bond donors (Lipinski definition) is 1. The van der Waals surface area contributed by atoms with Crippen molar-refractivity contribution >= 4 is 0 Å². The maximum atomic E-state index is 6.08. The Morgan fingerprint density at radius 1 is 1.09 bits per heavy atom. The van der Waals surface area contributed by atoms with E-state index < -0.39 is 0 Å². The summed E-state index contributed by atoms with van der Waals surface area (Å²) in [5.41, 5.74) is 6.08. The molecule has 2 N–H and O–H groups in total. The number of rotatable bonds is 1. The largest absolute Gasteiger partial charge is 0.327 e. The first-order valence-electron chi connectivity index (χ1n) is 5.03. The van der Waals surface area contributed by atoms with Gasteiger partial charge in [0.1, 0.15) is 0 Å². The Labute approximate surface area is 69.4 Å². The van der Waals surface area contributed by atoms with Crippen molar-refractivity contribution in [3.63, 3.8) is 0 Å². The molecule has 2 aliphatic rings. The second-order valence-corrected chi connectivity index (χ2v) is 4.58. The van der Waals surface area contributed by atoms with Crippen molar-refractivity contribution in [1.29, 1.82) is 0 Å². The van der Waals surface area contributed by atoms with Gasteiger partial charge in [-0.15, -0.1) is 0 Å². The molecule has 2 fully saturated rings. The third kappa shape index (κ3) is 1.58. The first-order chi connectivity index (χ1) is 5.27. The van der Waals surface area contributed by atoms with Gasteiger partial charge in [0, 0.05) is 6.04 Å². The van der Waals surface area contributed by atoms with E-state index in [1.807, 2.05) is 0 Å². The van der Waals surface area contributed by atoms with E-state index in [-0.39, 0.29) is 0 Å². The topological polar surface area (TPSA) is 26.0 Å². The highest BCUT2D eigenvalue weighted by Crippen LogP contribution is 2.44. The van der Waals surface area contributed by atoms with Gasteiger partial charge in [-0.3, -0.25) is 0 Å².